The lowest BCUT2D eigenvalue weighted by Crippen LogP contribution is -2.19. The van der Waals surface area contributed by atoms with Crippen LogP contribution >= 0.6 is 0 Å². The maximum Gasteiger partial charge on any atom is 0.168 e. The molecule has 1 aliphatic rings. The van der Waals surface area contributed by atoms with Gasteiger partial charge in [0, 0.05) is 18.4 Å². The van der Waals surface area contributed by atoms with Gasteiger partial charge in [-0.15, -0.1) is 0 Å². The predicted molar refractivity (Wildman–Crippen MR) is 67.0 cm³/mol. The zero-order valence-electron chi connectivity index (χ0n) is 10.5. The molecule has 2 N–H and O–H groups in total. The van der Waals surface area contributed by atoms with Gasteiger partial charge < -0.3 is 10.5 Å². The molecule has 0 heterocycles. The molecule has 2 unspecified atom stereocenters. The number of carbonyl (C=O) groups is 1. The Morgan fingerprint density at radius 2 is 2.28 bits per heavy atom. The molecule has 1 saturated carbocycles. The molecule has 2 rings (SSSR count). The predicted octanol–water partition coefficient (Wildman–Crippen LogP) is 2.07. The van der Waals surface area contributed by atoms with Gasteiger partial charge in [0.1, 0.15) is 5.78 Å². The zero-order chi connectivity index (χ0) is 13.1. The molecule has 0 saturated heterocycles. The van der Waals surface area contributed by atoms with Crippen LogP contribution in [0.1, 0.15) is 24.8 Å². The van der Waals surface area contributed by atoms with Gasteiger partial charge in [0.15, 0.2) is 11.6 Å². The van der Waals surface area contributed by atoms with Crippen molar-refractivity contribution >= 4 is 5.78 Å². The highest BCUT2D eigenvalue weighted by Gasteiger charge is 2.28. The van der Waals surface area contributed by atoms with Gasteiger partial charge in [-0.2, -0.15) is 0 Å². The standard InChI is InChI=1S/C14H18FNO2/c1-18-13-4-2-3-10(14(13)15)8-12(17)9-5-6-11(16)7-9/h2-4,9,11H,5-8,16H2,1H3. The van der Waals surface area contributed by atoms with Crippen molar-refractivity contribution in [2.24, 2.45) is 11.7 Å². The summed E-state index contributed by atoms with van der Waals surface area (Å²) in [5.74, 6) is -0.181. The molecule has 4 heteroatoms. The smallest absolute Gasteiger partial charge is 0.168 e. The van der Waals surface area contributed by atoms with Gasteiger partial charge in [-0.1, -0.05) is 12.1 Å². The lowest BCUT2D eigenvalue weighted by atomic mass is 9.96. The van der Waals surface area contributed by atoms with Gasteiger partial charge in [0.2, 0.25) is 0 Å². The van der Waals surface area contributed by atoms with Crippen LogP contribution in [-0.2, 0) is 11.2 Å². The number of rotatable bonds is 4. The second-order valence-corrected chi connectivity index (χ2v) is 4.85. The third kappa shape index (κ3) is 2.70. The number of Topliss-reactive ketones (excluding diaryl/α,β-unsaturated/α-hetero) is 1. The summed E-state index contributed by atoms with van der Waals surface area (Å²) in [4.78, 5) is 12.0. The Kier molecular flexibility index (Phi) is 3.97. The van der Waals surface area contributed by atoms with E-state index in [1.54, 1.807) is 18.2 Å². The van der Waals surface area contributed by atoms with Crippen molar-refractivity contribution in [2.45, 2.75) is 31.7 Å². The quantitative estimate of drug-likeness (QED) is 0.891. The fraction of sp³-hybridized carbons (Fsp3) is 0.500. The second-order valence-electron chi connectivity index (χ2n) is 4.85. The first-order valence-corrected chi connectivity index (χ1v) is 6.21. The summed E-state index contributed by atoms with van der Waals surface area (Å²) in [6.45, 7) is 0. The molecule has 1 aliphatic carbocycles. The normalized spacial score (nSPS) is 23.1. The van der Waals surface area contributed by atoms with E-state index in [0.717, 1.165) is 19.3 Å². The van der Waals surface area contributed by atoms with Gasteiger partial charge in [-0.05, 0) is 30.9 Å². The Labute approximate surface area is 106 Å². The molecule has 1 aromatic carbocycles. The first-order chi connectivity index (χ1) is 8.61. The van der Waals surface area contributed by atoms with Crippen LogP contribution in [0.5, 0.6) is 5.75 Å². The van der Waals surface area contributed by atoms with Gasteiger partial charge in [-0.25, -0.2) is 4.39 Å². The third-order valence-electron chi connectivity index (χ3n) is 3.56. The molecule has 0 spiro atoms. The maximum absolute atomic E-state index is 13.9. The first-order valence-electron chi connectivity index (χ1n) is 6.21. The fourth-order valence-electron chi connectivity index (χ4n) is 2.49. The minimum Gasteiger partial charge on any atom is -0.494 e. The van der Waals surface area contributed by atoms with Gasteiger partial charge in [-0.3, -0.25) is 4.79 Å². The number of benzene rings is 1. The highest BCUT2D eigenvalue weighted by Crippen LogP contribution is 2.27. The van der Waals surface area contributed by atoms with Crippen LogP contribution in [0.3, 0.4) is 0 Å². The summed E-state index contributed by atoms with van der Waals surface area (Å²) in [5.41, 5.74) is 6.19. The zero-order valence-corrected chi connectivity index (χ0v) is 10.5. The molecule has 98 valence electrons. The van der Waals surface area contributed by atoms with E-state index in [1.165, 1.54) is 7.11 Å². The molecule has 18 heavy (non-hydrogen) atoms. The van der Waals surface area contributed by atoms with Crippen LogP contribution < -0.4 is 10.5 Å². The Hall–Kier alpha value is -1.42. The van der Waals surface area contributed by atoms with Gasteiger partial charge >= 0.3 is 0 Å². The van der Waals surface area contributed by atoms with Crippen molar-refractivity contribution in [3.63, 3.8) is 0 Å². The molecule has 0 bridgehead atoms. The number of methoxy groups -OCH3 is 1. The average molecular weight is 251 g/mol. The first kappa shape index (κ1) is 13.0. The minimum absolute atomic E-state index is 0.00870. The van der Waals surface area contributed by atoms with E-state index in [1.807, 2.05) is 0 Å². The van der Waals surface area contributed by atoms with Crippen molar-refractivity contribution in [2.75, 3.05) is 7.11 Å². The number of ether oxygens (including phenoxy) is 1. The monoisotopic (exact) mass is 251 g/mol. The van der Waals surface area contributed by atoms with Gasteiger partial charge in [0.05, 0.1) is 7.11 Å². The largest absolute Gasteiger partial charge is 0.494 e. The van der Waals surface area contributed by atoms with Crippen LogP contribution in [0.2, 0.25) is 0 Å². The molecule has 0 radical (unpaired) electrons. The van der Waals surface area contributed by atoms with Crippen LogP contribution in [-0.4, -0.2) is 18.9 Å². The second kappa shape index (κ2) is 5.48. The van der Waals surface area contributed by atoms with Crippen molar-refractivity contribution in [3.05, 3.63) is 29.6 Å². The maximum atomic E-state index is 13.9. The van der Waals surface area contributed by atoms with E-state index in [-0.39, 0.29) is 29.9 Å². The molecule has 3 nitrogen and oxygen atoms in total. The highest BCUT2D eigenvalue weighted by molar-refractivity contribution is 5.83. The summed E-state index contributed by atoms with van der Waals surface area (Å²) in [5, 5.41) is 0. The molecule has 0 aliphatic heterocycles. The van der Waals surface area contributed by atoms with E-state index in [9.17, 15) is 9.18 Å². The third-order valence-corrected chi connectivity index (χ3v) is 3.56. The van der Waals surface area contributed by atoms with Crippen molar-refractivity contribution in [1.82, 2.24) is 0 Å². The number of halogens is 1. The van der Waals surface area contributed by atoms with E-state index in [0.29, 0.717) is 5.56 Å². The van der Waals surface area contributed by atoms with Crippen LogP contribution in [0.15, 0.2) is 18.2 Å². The summed E-state index contributed by atoms with van der Waals surface area (Å²) >= 11 is 0. The molecular formula is C14H18FNO2. The van der Waals surface area contributed by atoms with Crippen molar-refractivity contribution < 1.29 is 13.9 Å². The number of nitrogens with two attached hydrogens (primary N) is 1. The van der Waals surface area contributed by atoms with E-state index >= 15 is 0 Å². The average Bonchev–Trinajstić information content (AvgIpc) is 2.78. The molecular weight excluding hydrogens is 233 g/mol. The number of hydrogen-bond acceptors (Lipinski definition) is 3. The number of ketones is 1. The topological polar surface area (TPSA) is 52.3 Å². The SMILES string of the molecule is COc1cccc(CC(=O)C2CCC(N)C2)c1F. The molecule has 0 amide bonds. The van der Waals surface area contributed by atoms with Crippen LogP contribution in [0, 0.1) is 11.7 Å². The van der Waals surface area contributed by atoms with Crippen molar-refractivity contribution in [1.29, 1.82) is 0 Å². The van der Waals surface area contributed by atoms with E-state index < -0.39 is 5.82 Å². The lowest BCUT2D eigenvalue weighted by Gasteiger charge is -2.10. The summed E-state index contributed by atoms with van der Waals surface area (Å²) in [7, 11) is 1.42. The highest BCUT2D eigenvalue weighted by atomic mass is 19.1. The van der Waals surface area contributed by atoms with E-state index in [4.69, 9.17) is 10.5 Å². The lowest BCUT2D eigenvalue weighted by molar-refractivity contribution is -0.122. The number of carbonyl (C=O) groups excluding carboxylic acids is 1. The summed E-state index contributed by atoms with van der Waals surface area (Å²) in [6.07, 6.45) is 2.56. The Morgan fingerprint density at radius 1 is 1.50 bits per heavy atom. The fourth-order valence-corrected chi connectivity index (χ4v) is 2.49. The molecule has 1 aromatic rings. The Morgan fingerprint density at radius 3 is 2.89 bits per heavy atom. The van der Waals surface area contributed by atoms with Crippen LogP contribution in [0.25, 0.3) is 0 Å². The van der Waals surface area contributed by atoms with Crippen LogP contribution in [0.4, 0.5) is 4.39 Å². The minimum atomic E-state index is -0.435. The van der Waals surface area contributed by atoms with E-state index in [2.05, 4.69) is 0 Å². The van der Waals surface area contributed by atoms with Gasteiger partial charge in [0.25, 0.3) is 0 Å². The summed E-state index contributed by atoms with van der Waals surface area (Å²) in [6, 6.07) is 5.00. The molecule has 0 aromatic heterocycles. The molecule has 2 atom stereocenters. The Balaban J connectivity index is 2.07. The summed E-state index contributed by atoms with van der Waals surface area (Å²) < 4.78 is 18.8. The van der Waals surface area contributed by atoms with Crippen molar-refractivity contribution in [3.8, 4) is 5.75 Å². The number of hydrogen-bond donors (Lipinski definition) is 1. The molecule has 1 fully saturated rings. The Bertz CT molecular complexity index is 447.